The number of methoxy groups -OCH3 is 1. The Morgan fingerprint density at radius 3 is 2.54 bits per heavy atom. The largest absolute Gasteiger partial charge is 0.497 e. The van der Waals surface area contributed by atoms with Gasteiger partial charge in [-0.15, -0.1) is 0 Å². The van der Waals surface area contributed by atoms with Crippen molar-refractivity contribution in [2.24, 2.45) is 5.92 Å². The molecule has 6 nitrogen and oxygen atoms in total. The first kappa shape index (κ1) is 18.0. The molecule has 3 rings (SSSR count). The Bertz CT molecular complexity index is 717. The van der Waals surface area contributed by atoms with Gasteiger partial charge < -0.3 is 19.4 Å². The SMILES string of the molecule is COc1ccc(CC(=O)N2CCC(C(=O)NCc3ccco3)CC2)cc1. The molecule has 2 amide bonds. The first-order valence-corrected chi connectivity index (χ1v) is 8.86. The average Bonchev–Trinajstić information content (AvgIpc) is 3.20. The minimum absolute atomic E-state index is 0.0312. The highest BCUT2D eigenvalue weighted by molar-refractivity contribution is 5.81. The zero-order valence-corrected chi connectivity index (χ0v) is 14.9. The van der Waals surface area contributed by atoms with Crippen molar-refractivity contribution in [1.29, 1.82) is 0 Å². The number of likely N-dealkylation sites (tertiary alicyclic amines) is 1. The van der Waals surface area contributed by atoms with Crippen molar-refractivity contribution in [2.75, 3.05) is 20.2 Å². The summed E-state index contributed by atoms with van der Waals surface area (Å²) in [5, 5.41) is 2.90. The normalized spacial score (nSPS) is 14.9. The molecule has 0 atom stereocenters. The Balaban J connectivity index is 1.43. The van der Waals surface area contributed by atoms with Crippen molar-refractivity contribution in [1.82, 2.24) is 10.2 Å². The lowest BCUT2D eigenvalue weighted by Gasteiger charge is -2.31. The average molecular weight is 356 g/mol. The Hall–Kier alpha value is -2.76. The number of hydrogen-bond donors (Lipinski definition) is 1. The fourth-order valence-corrected chi connectivity index (χ4v) is 3.15. The minimum atomic E-state index is -0.0463. The zero-order valence-electron chi connectivity index (χ0n) is 14.9. The van der Waals surface area contributed by atoms with Crippen LogP contribution in [0.4, 0.5) is 0 Å². The number of rotatable bonds is 6. The minimum Gasteiger partial charge on any atom is -0.497 e. The van der Waals surface area contributed by atoms with E-state index in [-0.39, 0.29) is 17.7 Å². The van der Waals surface area contributed by atoms with Crippen LogP contribution in [0.2, 0.25) is 0 Å². The van der Waals surface area contributed by atoms with Crippen LogP contribution in [-0.4, -0.2) is 36.9 Å². The number of carbonyl (C=O) groups excluding carboxylic acids is 2. The fourth-order valence-electron chi connectivity index (χ4n) is 3.15. The summed E-state index contributed by atoms with van der Waals surface area (Å²) < 4.78 is 10.3. The Kier molecular flexibility index (Phi) is 5.94. The van der Waals surface area contributed by atoms with E-state index in [1.807, 2.05) is 35.2 Å². The summed E-state index contributed by atoms with van der Waals surface area (Å²) in [7, 11) is 1.62. The molecule has 2 heterocycles. The molecule has 1 aliphatic heterocycles. The van der Waals surface area contributed by atoms with Crippen LogP contribution in [0.5, 0.6) is 5.75 Å². The number of nitrogens with zero attached hydrogens (tertiary/aromatic N) is 1. The predicted molar refractivity (Wildman–Crippen MR) is 96.6 cm³/mol. The van der Waals surface area contributed by atoms with Crippen LogP contribution >= 0.6 is 0 Å². The highest BCUT2D eigenvalue weighted by atomic mass is 16.5. The molecule has 0 unspecified atom stereocenters. The number of carbonyl (C=O) groups is 2. The molecular formula is C20H24N2O4. The first-order valence-electron chi connectivity index (χ1n) is 8.86. The van der Waals surface area contributed by atoms with E-state index in [4.69, 9.17) is 9.15 Å². The summed E-state index contributed by atoms with van der Waals surface area (Å²) in [5.41, 5.74) is 0.967. The van der Waals surface area contributed by atoms with Crippen LogP contribution in [0, 0.1) is 5.92 Å². The van der Waals surface area contributed by atoms with Gasteiger partial charge in [0.15, 0.2) is 0 Å². The Labute approximate surface area is 153 Å². The van der Waals surface area contributed by atoms with Gasteiger partial charge in [0, 0.05) is 19.0 Å². The number of hydrogen-bond acceptors (Lipinski definition) is 4. The van der Waals surface area contributed by atoms with Gasteiger partial charge in [-0.2, -0.15) is 0 Å². The van der Waals surface area contributed by atoms with Gasteiger partial charge in [0.2, 0.25) is 11.8 Å². The lowest BCUT2D eigenvalue weighted by Crippen LogP contribution is -2.43. The van der Waals surface area contributed by atoms with E-state index in [0.717, 1.165) is 17.1 Å². The monoisotopic (exact) mass is 356 g/mol. The van der Waals surface area contributed by atoms with Crippen molar-refractivity contribution >= 4 is 11.8 Å². The summed E-state index contributed by atoms with van der Waals surface area (Å²) in [4.78, 5) is 26.6. The molecule has 0 saturated carbocycles. The fraction of sp³-hybridized carbons (Fsp3) is 0.400. The van der Waals surface area contributed by atoms with Crippen molar-refractivity contribution in [3.05, 3.63) is 54.0 Å². The number of amides is 2. The van der Waals surface area contributed by atoms with Crippen LogP contribution in [0.15, 0.2) is 47.1 Å². The molecule has 0 bridgehead atoms. The topological polar surface area (TPSA) is 71.8 Å². The molecule has 0 spiro atoms. The van der Waals surface area contributed by atoms with E-state index in [1.54, 1.807) is 19.4 Å². The smallest absolute Gasteiger partial charge is 0.226 e. The van der Waals surface area contributed by atoms with Crippen molar-refractivity contribution in [3.63, 3.8) is 0 Å². The van der Waals surface area contributed by atoms with Crippen LogP contribution in [0.25, 0.3) is 0 Å². The van der Waals surface area contributed by atoms with Gasteiger partial charge in [0.05, 0.1) is 26.3 Å². The number of nitrogens with one attached hydrogen (secondary N) is 1. The summed E-state index contributed by atoms with van der Waals surface area (Å²) in [6, 6.07) is 11.2. The molecule has 6 heteroatoms. The predicted octanol–water partition coefficient (Wildman–Crippen LogP) is 2.39. The van der Waals surface area contributed by atoms with Crippen LogP contribution in [-0.2, 0) is 22.6 Å². The van der Waals surface area contributed by atoms with Crippen molar-refractivity contribution in [3.8, 4) is 5.75 Å². The van der Waals surface area contributed by atoms with E-state index in [0.29, 0.717) is 38.9 Å². The Morgan fingerprint density at radius 1 is 1.19 bits per heavy atom. The van der Waals surface area contributed by atoms with Gasteiger partial charge in [-0.3, -0.25) is 9.59 Å². The summed E-state index contributed by atoms with van der Waals surface area (Å²) in [5.74, 6) is 1.61. The zero-order chi connectivity index (χ0) is 18.4. The van der Waals surface area contributed by atoms with Crippen LogP contribution < -0.4 is 10.1 Å². The van der Waals surface area contributed by atoms with E-state index in [2.05, 4.69) is 5.32 Å². The van der Waals surface area contributed by atoms with Crippen LogP contribution in [0.1, 0.15) is 24.2 Å². The third kappa shape index (κ3) is 4.65. The summed E-state index contributed by atoms with van der Waals surface area (Å²) in [6.45, 7) is 1.64. The molecule has 2 aromatic rings. The van der Waals surface area contributed by atoms with E-state index in [9.17, 15) is 9.59 Å². The second-order valence-electron chi connectivity index (χ2n) is 6.48. The number of benzene rings is 1. The third-order valence-corrected chi connectivity index (χ3v) is 4.75. The van der Waals surface area contributed by atoms with Gasteiger partial charge in [-0.1, -0.05) is 12.1 Å². The van der Waals surface area contributed by atoms with Gasteiger partial charge >= 0.3 is 0 Å². The highest BCUT2D eigenvalue weighted by Gasteiger charge is 2.27. The third-order valence-electron chi connectivity index (χ3n) is 4.75. The van der Waals surface area contributed by atoms with Crippen molar-refractivity contribution < 1.29 is 18.7 Å². The lowest BCUT2D eigenvalue weighted by atomic mass is 9.95. The molecule has 1 saturated heterocycles. The Morgan fingerprint density at radius 2 is 1.92 bits per heavy atom. The van der Waals surface area contributed by atoms with Gasteiger partial charge in [0.25, 0.3) is 0 Å². The first-order chi connectivity index (χ1) is 12.7. The summed E-state index contributed by atoms with van der Waals surface area (Å²) in [6.07, 6.45) is 3.35. The molecule has 0 aliphatic carbocycles. The number of furan rings is 1. The molecule has 1 N–H and O–H groups in total. The maximum Gasteiger partial charge on any atom is 0.226 e. The maximum atomic E-state index is 12.5. The second-order valence-corrected chi connectivity index (χ2v) is 6.48. The van der Waals surface area contributed by atoms with Gasteiger partial charge in [0.1, 0.15) is 11.5 Å². The number of ether oxygens (including phenoxy) is 1. The van der Waals surface area contributed by atoms with Crippen molar-refractivity contribution in [2.45, 2.75) is 25.8 Å². The van der Waals surface area contributed by atoms with E-state index < -0.39 is 0 Å². The van der Waals surface area contributed by atoms with E-state index >= 15 is 0 Å². The molecule has 138 valence electrons. The standard InChI is InChI=1S/C20H24N2O4/c1-25-17-6-4-15(5-7-17)13-19(23)22-10-8-16(9-11-22)20(24)21-14-18-3-2-12-26-18/h2-7,12,16H,8-11,13-14H2,1H3,(H,21,24). The molecule has 1 aliphatic rings. The lowest BCUT2D eigenvalue weighted by molar-refractivity contribution is -0.135. The van der Waals surface area contributed by atoms with Gasteiger partial charge in [-0.25, -0.2) is 0 Å². The quantitative estimate of drug-likeness (QED) is 0.863. The summed E-state index contributed by atoms with van der Waals surface area (Å²) >= 11 is 0. The maximum absolute atomic E-state index is 12.5. The second kappa shape index (κ2) is 8.56. The van der Waals surface area contributed by atoms with E-state index in [1.165, 1.54) is 0 Å². The molecule has 0 radical (unpaired) electrons. The molecular weight excluding hydrogens is 332 g/mol. The molecule has 1 aromatic heterocycles. The highest BCUT2D eigenvalue weighted by Crippen LogP contribution is 2.19. The molecule has 1 fully saturated rings. The molecule has 26 heavy (non-hydrogen) atoms. The molecule has 1 aromatic carbocycles. The number of piperidine rings is 1. The van der Waals surface area contributed by atoms with Gasteiger partial charge in [-0.05, 0) is 42.7 Å². The van der Waals surface area contributed by atoms with Crippen LogP contribution in [0.3, 0.4) is 0 Å².